The number of morpholine rings is 1. The first-order valence-electron chi connectivity index (χ1n) is 12.3. The first-order valence-corrected chi connectivity index (χ1v) is 14.0. The van der Waals surface area contributed by atoms with Crippen molar-refractivity contribution in [2.24, 2.45) is 5.73 Å². The van der Waals surface area contributed by atoms with Gasteiger partial charge in [-0.3, -0.25) is 9.59 Å². The summed E-state index contributed by atoms with van der Waals surface area (Å²) in [5.74, 6) is -0.385. The predicted octanol–water partition coefficient (Wildman–Crippen LogP) is 5.47. The third kappa shape index (κ3) is 12.1. The molecule has 0 aromatic heterocycles. The fourth-order valence-electron chi connectivity index (χ4n) is 3.67. The summed E-state index contributed by atoms with van der Waals surface area (Å²) in [4.78, 5) is 22.2. The molecule has 1 aliphatic heterocycles. The average Bonchev–Trinajstić information content (AvgIpc) is 2.96. The number of ketones is 1. The van der Waals surface area contributed by atoms with Gasteiger partial charge in [0.15, 0.2) is 0 Å². The molecule has 1 fully saturated rings. The molecule has 0 bridgehead atoms. The van der Waals surface area contributed by atoms with E-state index < -0.39 is 0 Å². The molecule has 11 heteroatoms. The molecule has 1 amide bonds. The van der Waals surface area contributed by atoms with Crippen LogP contribution in [0.3, 0.4) is 0 Å². The number of rotatable bonds is 8. The van der Waals surface area contributed by atoms with E-state index in [2.05, 4.69) is 5.32 Å². The molecule has 0 spiro atoms. The van der Waals surface area contributed by atoms with E-state index in [4.69, 9.17) is 62.0 Å². The van der Waals surface area contributed by atoms with Crippen LogP contribution in [0.2, 0.25) is 15.1 Å². The van der Waals surface area contributed by atoms with Crippen molar-refractivity contribution >= 4 is 58.1 Å². The predicted molar refractivity (Wildman–Crippen MR) is 160 cm³/mol. The normalized spacial score (nSPS) is 15.9. The quantitative estimate of drug-likeness (QED) is 0.245. The third-order valence-corrected chi connectivity index (χ3v) is 6.74. The summed E-state index contributed by atoms with van der Waals surface area (Å²) in [6, 6.07) is 21.3. The van der Waals surface area contributed by atoms with Gasteiger partial charge in [-0.2, -0.15) is 0 Å². The van der Waals surface area contributed by atoms with Crippen LogP contribution in [0, 0.1) is 0 Å². The zero-order valence-corrected chi connectivity index (χ0v) is 24.6. The number of aliphatic hydroxyl groups excluding tert-OH is 2. The summed E-state index contributed by atoms with van der Waals surface area (Å²) in [6.45, 7) is 0.520. The molecule has 0 aliphatic carbocycles. The van der Waals surface area contributed by atoms with Crippen LogP contribution in [-0.2, 0) is 14.3 Å². The molecule has 0 radical (unpaired) electrons. The number of benzene rings is 3. The van der Waals surface area contributed by atoms with Gasteiger partial charge in [0.1, 0.15) is 12.4 Å². The van der Waals surface area contributed by atoms with Crippen molar-refractivity contribution in [3.63, 3.8) is 0 Å². The summed E-state index contributed by atoms with van der Waals surface area (Å²) in [7, 11) is 0. The topological polar surface area (TPSA) is 122 Å². The van der Waals surface area contributed by atoms with E-state index in [9.17, 15) is 14.7 Å². The summed E-state index contributed by atoms with van der Waals surface area (Å²) < 4.78 is 5.13. The number of aliphatic hydroxyl groups is 2. The van der Waals surface area contributed by atoms with Gasteiger partial charge in [-0.25, -0.2) is 0 Å². The lowest BCUT2D eigenvalue weighted by atomic mass is 9.95. The fourth-order valence-corrected chi connectivity index (χ4v) is 4.38. The molecule has 1 aliphatic rings. The molecular weight excluding hydrogens is 598 g/mol. The highest BCUT2D eigenvalue weighted by Gasteiger charge is 2.20. The van der Waals surface area contributed by atoms with Crippen LogP contribution in [0.25, 0.3) is 0 Å². The summed E-state index contributed by atoms with van der Waals surface area (Å²) in [5.41, 5.74) is 8.26. The molecule has 4 rings (SSSR count). The van der Waals surface area contributed by atoms with E-state index in [1.54, 1.807) is 36.4 Å². The molecule has 216 valence electrons. The van der Waals surface area contributed by atoms with E-state index in [1.807, 2.05) is 36.4 Å². The van der Waals surface area contributed by atoms with Gasteiger partial charge < -0.3 is 26.0 Å². The highest BCUT2D eigenvalue weighted by atomic mass is 35.5. The number of ether oxygens (including phenoxy) is 1. The number of alkyl halides is 1. The Labute approximate surface area is 254 Å². The maximum Gasteiger partial charge on any atom is 0.246 e. The molecule has 7 nitrogen and oxygen atoms in total. The van der Waals surface area contributed by atoms with E-state index >= 15 is 0 Å². The minimum Gasteiger partial charge on any atom is -0.396 e. The van der Waals surface area contributed by atoms with Gasteiger partial charge in [0.25, 0.3) is 0 Å². The van der Waals surface area contributed by atoms with Gasteiger partial charge in [-0.15, -0.1) is 11.6 Å². The van der Waals surface area contributed by atoms with Crippen molar-refractivity contribution in [1.82, 2.24) is 5.32 Å². The minimum absolute atomic E-state index is 0.0168. The highest BCUT2D eigenvalue weighted by Crippen LogP contribution is 2.23. The van der Waals surface area contributed by atoms with Crippen LogP contribution in [0.5, 0.6) is 0 Å². The number of carbonyl (C=O) groups is 2. The number of carbonyl (C=O) groups excluding carboxylic acids is 2. The first-order chi connectivity index (χ1) is 19.2. The second kappa shape index (κ2) is 18.3. The van der Waals surface area contributed by atoms with Crippen LogP contribution in [0.4, 0.5) is 0 Å². The summed E-state index contributed by atoms with van der Waals surface area (Å²) in [6.07, 6.45) is 0.250. The highest BCUT2D eigenvalue weighted by molar-refractivity contribution is 6.31. The lowest BCUT2D eigenvalue weighted by Gasteiger charge is -2.23. The van der Waals surface area contributed by atoms with Crippen molar-refractivity contribution < 1.29 is 24.5 Å². The number of Topliss-reactive ketones (excluding diaryl/α,β-unsaturated/α-hetero) is 1. The maximum absolute atomic E-state index is 11.2. The second-order valence-electron chi connectivity index (χ2n) is 8.85. The molecule has 0 saturated carbocycles. The van der Waals surface area contributed by atoms with Crippen LogP contribution in [-0.4, -0.2) is 54.2 Å². The summed E-state index contributed by atoms with van der Waals surface area (Å²) >= 11 is 22.8. The third-order valence-electron chi connectivity index (χ3n) is 5.74. The minimum atomic E-state index is -0.325. The smallest absolute Gasteiger partial charge is 0.246 e. The molecule has 3 aromatic carbocycles. The van der Waals surface area contributed by atoms with Gasteiger partial charge >= 0.3 is 0 Å². The Morgan fingerprint density at radius 3 is 2.02 bits per heavy atom. The Hall–Kier alpha value is -2.20. The second-order valence-corrected chi connectivity index (χ2v) is 10.4. The number of hydrogen-bond donors (Lipinski definition) is 4. The molecule has 40 heavy (non-hydrogen) atoms. The lowest BCUT2D eigenvalue weighted by molar-refractivity contribution is -0.131. The molecular formula is C29H32Cl4N2O5. The van der Waals surface area contributed by atoms with Crippen molar-refractivity contribution in [1.29, 1.82) is 0 Å². The van der Waals surface area contributed by atoms with E-state index in [0.29, 0.717) is 21.7 Å². The fraction of sp³-hybridized carbons (Fsp3) is 0.310. The largest absolute Gasteiger partial charge is 0.396 e. The number of hydrogen-bond acceptors (Lipinski definition) is 6. The van der Waals surface area contributed by atoms with Crippen molar-refractivity contribution in [3.05, 3.63) is 105 Å². The van der Waals surface area contributed by atoms with E-state index in [0.717, 1.165) is 16.7 Å². The Balaban J connectivity index is 0.000000213. The number of nitrogens with two attached hydrogens (primary N) is 1. The van der Waals surface area contributed by atoms with Gasteiger partial charge in [0.2, 0.25) is 5.91 Å². The first kappa shape index (κ1) is 34.0. The molecule has 1 heterocycles. The van der Waals surface area contributed by atoms with Crippen LogP contribution in [0.1, 0.15) is 41.1 Å². The van der Waals surface area contributed by atoms with Crippen LogP contribution in [0.15, 0.2) is 72.8 Å². The van der Waals surface area contributed by atoms with Crippen molar-refractivity contribution in [3.8, 4) is 0 Å². The SMILES string of the molecule is NC(CO)c1cccc(Cl)c1.O=C(CCl)CC(CO)c1cccc(Cl)c1.O=C1COCC(c2cccc(Cl)c2)N1. The van der Waals surface area contributed by atoms with E-state index in [-0.39, 0.29) is 61.8 Å². The monoisotopic (exact) mass is 628 g/mol. The molecule has 3 aromatic rings. The Morgan fingerprint density at radius 1 is 0.925 bits per heavy atom. The lowest BCUT2D eigenvalue weighted by Crippen LogP contribution is -2.39. The number of halogens is 4. The van der Waals surface area contributed by atoms with Crippen molar-refractivity contribution in [2.45, 2.75) is 24.4 Å². The Morgan fingerprint density at radius 2 is 1.50 bits per heavy atom. The average molecular weight is 630 g/mol. The molecule has 3 unspecified atom stereocenters. The van der Waals surface area contributed by atoms with Gasteiger partial charge in [-0.05, 0) is 53.1 Å². The number of amides is 1. The van der Waals surface area contributed by atoms with Crippen LogP contribution >= 0.6 is 46.4 Å². The van der Waals surface area contributed by atoms with Gasteiger partial charge in [-0.1, -0.05) is 71.2 Å². The van der Waals surface area contributed by atoms with E-state index in [1.165, 1.54) is 0 Å². The van der Waals surface area contributed by atoms with Crippen molar-refractivity contribution in [2.75, 3.05) is 32.3 Å². The standard InChI is InChI=1S/C11H12Cl2O2.C10H10ClNO2.C8H10ClNO/c12-6-11(15)5-9(7-14)8-2-1-3-10(13)4-8;11-8-3-1-2-7(4-8)9-5-14-6-10(13)12-9;9-7-3-1-2-6(4-7)8(10)5-11/h1-4,9,14H,5-7H2;1-4,9H,5-6H2,(H,12,13);1-4,8,11H,5,10H2. The maximum atomic E-state index is 11.2. The zero-order valence-electron chi connectivity index (χ0n) is 21.6. The Bertz CT molecular complexity index is 1230. The molecule has 5 N–H and O–H groups in total. The summed E-state index contributed by atoms with van der Waals surface area (Å²) in [5, 5.41) is 22.6. The van der Waals surface area contributed by atoms with Crippen LogP contribution < -0.4 is 11.1 Å². The molecule has 3 atom stereocenters. The Kier molecular flexibility index (Phi) is 15.5. The number of nitrogens with one attached hydrogen (secondary N) is 1. The van der Waals surface area contributed by atoms with Gasteiger partial charge in [0, 0.05) is 27.4 Å². The zero-order chi connectivity index (χ0) is 29.5. The van der Waals surface area contributed by atoms with Gasteiger partial charge in [0.05, 0.1) is 37.8 Å². The molecule has 1 saturated heterocycles.